The highest BCUT2D eigenvalue weighted by molar-refractivity contribution is 5.91. The van der Waals surface area contributed by atoms with Crippen LogP contribution in [0.25, 0.3) is 10.9 Å². The molecule has 0 aliphatic rings. The molecule has 2 aromatic heterocycles. The summed E-state index contributed by atoms with van der Waals surface area (Å²) in [6.07, 6.45) is 0. The lowest BCUT2D eigenvalue weighted by Crippen LogP contribution is -2.07. The van der Waals surface area contributed by atoms with Gasteiger partial charge >= 0.3 is 0 Å². The van der Waals surface area contributed by atoms with Crippen molar-refractivity contribution in [3.05, 3.63) is 71.2 Å². The van der Waals surface area contributed by atoms with Gasteiger partial charge in [-0.2, -0.15) is 10.1 Å². The van der Waals surface area contributed by atoms with E-state index in [-0.39, 0.29) is 18.1 Å². The maximum Gasteiger partial charge on any atom is 0.225 e. The van der Waals surface area contributed by atoms with Crippen molar-refractivity contribution in [2.75, 3.05) is 10.6 Å². The van der Waals surface area contributed by atoms with Crippen molar-refractivity contribution in [3.63, 3.8) is 0 Å². The summed E-state index contributed by atoms with van der Waals surface area (Å²) in [7, 11) is 0. The molecule has 4 aromatic rings. The molecule has 0 amide bonds. The molecular weight excluding hydrogens is 369 g/mol. The van der Waals surface area contributed by atoms with E-state index >= 15 is 0 Å². The second kappa shape index (κ2) is 7.18. The van der Waals surface area contributed by atoms with Crippen molar-refractivity contribution in [2.45, 2.75) is 13.5 Å². The Morgan fingerprint density at radius 3 is 2.50 bits per heavy atom. The van der Waals surface area contributed by atoms with Gasteiger partial charge < -0.3 is 10.6 Å². The van der Waals surface area contributed by atoms with Crippen LogP contribution in [-0.4, -0.2) is 20.2 Å². The van der Waals surface area contributed by atoms with Crippen LogP contribution in [0.3, 0.4) is 0 Å². The Morgan fingerprint density at radius 1 is 0.964 bits per heavy atom. The summed E-state index contributed by atoms with van der Waals surface area (Å²) >= 11 is 0. The fourth-order valence-electron chi connectivity index (χ4n) is 2.72. The normalized spacial score (nSPS) is 11.0. The van der Waals surface area contributed by atoms with E-state index in [4.69, 9.17) is 0 Å². The van der Waals surface area contributed by atoms with Gasteiger partial charge in [0.1, 0.15) is 23.3 Å². The van der Waals surface area contributed by atoms with Gasteiger partial charge in [0.05, 0.1) is 5.52 Å². The number of fused-ring (bicyclic) bond motifs is 1. The molecule has 28 heavy (non-hydrogen) atoms. The number of benzene rings is 2. The predicted molar refractivity (Wildman–Crippen MR) is 99.8 cm³/mol. The maximum atomic E-state index is 13.8. The number of halogens is 3. The van der Waals surface area contributed by atoms with Crippen LogP contribution in [0.5, 0.6) is 0 Å². The van der Waals surface area contributed by atoms with Crippen LogP contribution in [0.1, 0.15) is 11.3 Å². The first kappa shape index (κ1) is 17.8. The average molecular weight is 384 g/mol. The molecule has 3 N–H and O–H groups in total. The van der Waals surface area contributed by atoms with E-state index in [0.29, 0.717) is 22.5 Å². The largest absolute Gasteiger partial charge is 0.350 e. The third-order valence-corrected chi connectivity index (χ3v) is 4.06. The minimum absolute atomic E-state index is 0.0553. The van der Waals surface area contributed by atoms with Gasteiger partial charge in [-0.05, 0) is 31.2 Å². The number of anilines is 3. The predicted octanol–water partition coefficient (Wildman–Crippen LogP) is 4.43. The third-order valence-electron chi connectivity index (χ3n) is 4.06. The summed E-state index contributed by atoms with van der Waals surface area (Å²) in [5.41, 5.74) is 1.60. The smallest absolute Gasteiger partial charge is 0.225 e. The second-order valence-corrected chi connectivity index (χ2v) is 6.21. The van der Waals surface area contributed by atoms with E-state index < -0.39 is 17.5 Å². The van der Waals surface area contributed by atoms with E-state index in [1.807, 2.05) is 6.92 Å². The molecule has 0 radical (unpaired) electrons. The number of aryl methyl sites for hydroxylation is 1. The first-order chi connectivity index (χ1) is 13.5. The fourth-order valence-corrected chi connectivity index (χ4v) is 2.72. The van der Waals surface area contributed by atoms with Crippen molar-refractivity contribution in [1.29, 1.82) is 0 Å². The SMILES string of the molecule is Cc1cc(Nc2nc(NCc3ccc(F)cc3F)nc3ccc(F)cc23)n[nH]1. The third kappa shape index (κ3) is 3.73. The van der Waals surface area contributed by atoms with Crippen LogP contribution in [0.4, 0.5) is 30.8 Å². The first-order valence-electron chi connectivity index (χ1n) is 8.42. The number of nitrogens with zero attached hydrogens (tertiary/aromatic N) is 3. The quantitative estimate of drug-likeness (QED) is 0.474. The summed E-state index contributed by atoms with van der Waals surface area (Å²) in [5.74, 6) is -0.675. The lowest BCUT2D eigenvalue weighted by atomic mass is 10.2. The highest BCUT2D eigenvalue weighted by Gasteiger charge is 2.11. The zero-order chi connectivity index (χ0) is 19.7. The Morgan fingerprint density at radius 2 is 1.75 bits per heavy atom. The van der Waals surface area contributed by atoms with Crippen molar-refractivity contribution >= 4 is 28.5 Å². The molecule has 4 rings (SSSR count). The Labute approximate surface area is 157 Å². The van der Waals surface area contributed by atoms with Crippen LogP contribution in [0.2, 0.25) is 0 Å². The standard InChI is InChI=1S/C19H15F3N6/c1-10-6-17(28-27-10)25-18-14-7-12(20)4-5-16(14)24-19(26-18)23-9-11-2-3-13(21)8-15(11)22/h2-8H,9H2,1H3,(H3,23,24,25,26,27,28). The number of hydrogen-bond donors (Lipinski definition) is 3. The van der Waals surface area contributed by atoms with Crippen LogP contribution < -0.4 is 10.6 Å². The number of H-pyrrole nitrogens is 1. The Balaban J connectivity index is 1.67. The monoisotopic (exact) mass is 384 g/mol. The summed E-state index contributed by atoms with van der Waals surface area (Å²) in [5, 5.41) is 13.3. The number of rotatable bonds is 5. The van der Waals surface area contributed by atoms with Crippen LogP contribution in [0, 0.1) is 24.4 Å². The molecule has 0 atom stereocenters. The van der Waals surface area contributed by atoms with Crippen molar-refractivity contribution in [2.24, 2.45) is 0 Å². The number of aromatic amines is 1. The van der Waals surface area contributed by atoms with Gasteiger partial charge in [0.25, 0.3) is 0 Å². The minimum Gasteiger partial charge on any atom is -0.350 e. The average Bonchev–Trinajstić information content (AvgIpc) is 3.06. The highest BCUT2D eigenvalue weighted by atomic mass is 19.1. The van der Waals surface area contributed by atoms with Crippen LogP contribution in [0.15, 0.2) is 42.5 Å². The van der Waals surface area contributed by atoms with E-state index in [1.165, 1.54) is 30.3 Å². The highest BCUT2D eigenvalue weighted by Crippen LogP contribution is 2.26. The summed E-state index contributed by atoms with van der Waals surface area (Å²) in [4.78, 5) is 8.69. The van der Waals surface area contributed by atoms with Gasteiger partial charge in [-0.1, -0.05) is 6.07 Å². The number of hydrogen-bond acceptors (Lipinski definition) is 5. The van der Waals surface area contributed by atoms with Gasteiger partial charge in [0.2, 0.25) is 5.95 Å². The molecule has 0 fully saturated rings. The van der Waals surface area contributed by atoms with Crippen LogP contribution >= 0.6 is 0 Å². The molecule has 0 saturated carbocycles. The first-order valence-corrected chi connectivity index (χ1v) is 8.42. The molecule has 0 unspecified atom stereocenters. The van der Waals surface area contributed by atoms with Gasteiger partial charge in [-0.3, -0.25) is 5.10 Å². The van der Waals surface area contributed by atoms with Gasteiger partial charge in [0, 0.05) is 35.3 Å². The van der Waals surface area contributed by atoms with Gasteiger partial charge in [-0.15, -0.1) is 0 Å². The fraction of sp³-hybridized carbons (Fsp3) is 0.105. The Kier molecular flexibility index (Phi) is 4.56. The van der Waals surface area contributed by atoms with Gasteiger partial charge in [-0.25, -0.2) is 18.2 Å². The van der Waals surface area contributed by atoms with E-state index in [1.54, 1.807) is 6.07 Å². The lowest BCUT2D eigenvalue weighted by molar-refractivity contribution is 0.574. The molecule has 2 aromatic carbocycles. The molecule has 2 heterocycles. The number of aromatic nitrogens is 4. The lowest BCUT2D eigenvalue weighted by Gasteiger charge is -2.11. The second-order valence-electron chi connectivity index (χ2n) is 6.21. The molecule has 0 spiro atoms. The van der Waals surface area contributed by atoms with E-state index in [2.05, 4.69) is 30.8 Å². The van der Waals surface area contributed by atoms with Crippen molar-refractivity contribution in [1.82, 2.24) is 20.2 Å². The van der Waals surface area contributed by atoms with Gasteiger partial charge in [0.15, 0.2) is 5.82 Å². The molecular formula is C19H15F3N6. The van der Waals surface area contributed by atoms with E-state index in [9.17, 15) is 13.2 Å². The van der Waals surface area contributed by atoms with E-state index in [0.717, 1.165) is 11.8 Å². The summed E-state index contributed by atoms with van der Waals surface area (Å²) < 4.78 is 40.6. The molecule has 0 aliphatic carbocycles. The molecule has 0 bridgehead atoms. The topological polar surface area (TPSA) is 78.5 Å². The number of nitrogens with one attached hydrogen (secondary N) is 3. The molecule has 0 saturated heterocycles. The minimum atomic E-state index is -0.666. The Hall–Kier alpha value is -3.62. The van der Waals surface area contributed by atoms with Crippen molar-refractivity contribution < 1.29 is 13.2 Å². The summed E-state index contributed by atoms with van der Waals surface area (Å²) in [6.45, 7) is 1.90. The molecule has 9 heteroatoms. The molecule has 142 valence electrons. The summed E-state index contributed by atoms with van der Waals surface area (Å²) in [6, 6.07) is 9.25. The zero-order valence-electron chi connectivity index (χ0n) is 14.7. The molecule has 6 nitrogen and oxygen atoms in total. The Bertz CT molecular complexity index is 1160. The maximum absolute atomic E-state index is 13.8. The zero-order valence-corrected chi connectivity index (χ0v) is 14.7. The van der Waals surface area contributed by atoms with Crippen molar-refractivity contribution in [3.8, 4) is 0 Å². The molecule has 0 aliphatic heterocycles. The van der Waals surface area contributed by atoms with Crippen LogP contribution in [-0.2, 0) is 6.54 Å².